The summed E-state index contributed by atoms with van der Waals surface area (Å²) in [7, 11) is 1.67. The molecular weight excluding hydrogens is 296 g/mol. The number of thiazole rings is 1. The van der Waals surface area contributed by atoms with E-state index in [2.05, 4.69) is 23.8 Å². The van der Waals surface area contributed by atoms with Gasteiger partial charge in [-0.2, -0.15) is 0 Å². The summed E-state index contributed by atoms with van der Waals surface area (Å²) in [6, 6.07) is 5.89. The number of aliphatic imine (C=N–C) groups is 1. The van der Waals surface area contributed by atoms with Crippen LogP contribution in [0.5, 0.6) is 5.75 Å². The number of benzene rings is 1. The average Bonchev–Trinajstić information content (AvgIpc) is 2.90. The Hall–Kier alpha value is -0.980. The van der Waals surface area contributed by atoms with Gasteiger partial charge in [0.1, 0.15) is 20.8 Å². The number of fused-ring (bicyclic) bond motifs is 1. The summed E-state index contributed by atoms with van der Waals surface area (Å²) in [5, 5.41) is 1.86. The SMILES string of the molecule is COc1ccc2nc(C3=NC(=S)C(C)(C)S3)sc2c1. The Morgan fingerprint density at radius 1 is 1.32 bits per heavy atom. The summed E-state index contributed by atoms with van der Waals surface area (Å²) in [5.41, 5.74) is 0.972. The van der Waals surface area contributed by atoms with Crippen LogP contribution in [0.2, 0.25) is 0 Å². The minimum Gasteiger partial charge on any atom is -0.497 e. The topological polar surface area (TPSA) is 34.5 Å². The van der Waals surface area contributed by atoms with Gasteiger partial charge < -0.3 is 4.74 Å². The largest absolute Gasteiger partial charge is 0.497 e. The molecule has 1 aromatic carbocycles. The molecule has 2 aromatic rings. The summed E-state index contributed by atoms with van der Waals surface area (Å²) in [5.74, 6) is 0.847. The molecule has 0 saturated carbocycles. The number of hydrogen-bond acceptors (Lipinski definition) is 5. The lowest BCUT2D eigenvalue weighted by Gasteiger charge is -2.13. The van der Waals surface area contributed by atoms with E-state index >= 15 is 0 Å². The third kappa shape index (κ3) is 2.28. The number of ether oxygens (including phenoxy) is 1. The Morgan fingerprint density at radius 3 is 2.74 bits per heavy atom. The lowest BCUT2D eigenvalue weighted by Crippen LogP contribution is -2.19. The molecule has 0 N–H and O–H groups in total. The molecule has 3 nitrogen and oxygen atoms in total. The molecule has 0 saturated heterocycles. The molecule has 3 rings (SSSR count). The molecule has 0 radical (unpaired) electrons. The summed E-state index contributed by atoms with van der Waals surface area (Å²) in [4.78, 5) is 9.84. The highest BCUT2D eigenvalue weighted by molar-refractivity contribution is 8.17. The van der Waals surface area contributed by atoms with E-state index in [-0.39, 0.29) is 4.75 Å². The maximum Gasteiger partial charge on any atom is 0.149 e. The molecule has 1 aliphatic rings. The smallest absolute Gasteiger partial charge is 0.149 e. The van der Waals surface area contributed by atoms with Crippen LogP contribution in [0.15, 0.2) is 23.2 Å². The van der Waals surface area contributed by atoms with Gasteiger partial charge in [0, 0.05) is 0 Å². The van der Waals surface area contributed by atoms with Gasteiger partial charge in [0.25, 0.3) is 0 Å². The molecule has 1 aliphatic heterocycles. The average molecular weight is 308 g/mol. The summed E-state index contributed by atoms with van der Waals surface area (Å²) >= 11 is 8.61. The second kappa shape index (κ2) is 4.54. The van der Waals surface area contributed by atoms with Gasteiger partial charge in [-0.1, -0.05) is 24.0 Å². The monoisotopic (exact) mass is 308 g/mol. The normalized spacial score (nSPS) is 17.8. The summed E-state index contributed by atoms with van der Waals surface area (Å²) in [6.45, 7) is 4.18. The Balaban J connectivity index is 2.03. The van der Waals surface area contributed by atoms with E-state index in [1.165, 1.54) is 0 Å². The fourth-order valence-corrected chi connectivity index (χ4v) is 4.04. The fourth-order valence-electron chi connectivity index (χ4n) is 1.75. The lowest BCUT2D eigenvalue weighted by atomic mass is 10.2. The zero-order valence-corrected chi connectivity index (χ0v) is 13.2. The van der Waals surface area contributed by atoms with E-state index in [0.29, 0.717) is 0 Å². The number of hydrogen-bond donors (Lipinski definition) is 0. The van der Waals surface area contributed by atoms with Crippen molar-refractivity contribution < 1.29 is 4.74 Å². The van der Waals surface area contributed by atoms with Crippen molar-refractivity contribution in [1.29, 1.82) is 0 Å². The van der Waals surface area contributed by atoms with Gasteiger partial charge in [0.2, 0.25) is 0 Å². The zero-order valence-electron chi connectivity index (χ0n) is 10.8. The number of thioether (sulfide) groups is 1. The predicted octanol–water partition coefficient (Wildman–Crippen LogP) is 3.90. The van der Waals surface area contributed by atoms with Gasteiger partial charge in [-0.3, -0.25) is 0 Å². The van der Waals surface area contributed by atoms with Crippen LogP contribution in [0.3, 0.4) is 0 Å². The zero-order chi connectivity index (χ0) is 13.6. The number of rotatable bonds is 2. The second-order valence-electron chi connectivity index (χ2n) is 4.69. The lowest BCUT2D eigenvalue weighted by molar-refractivity contribution is 0.415. The first-order valence-electron chi connectivity index (χ1n) is 5.77. The minimum atomic E-state index is -0.111. The molecule has 0 unspecified atom stereocenters. The molecule has 0 fully saturated rings. The van der Waals surface area contributed by atoms with Gasteiger partial charge in [-0.15, -0.1) is 11.3 Å². The highest BCUT2D eigenvalue weighted by Gasteiger charge is 2.34. The molecule has 2 heterocycles. The third-order valence-electron chi connectivity index (χ3n) is 2.85. The van der Waals surface area contributed by atoms with E-state index in [0.717, 1.165) is 31.0 Å². The highest BCUT2D eigenvalue weighted by Crippen LogP contribution is 2.39. The Bertz CT molecular complexity index is 703. The number of nitrogens with zero attached hydrogens (tertiary/aromatic N) is 2. The van der Waals surface area contributed by atoms with Crippen LogP contribution >= 0.6 is 35.3 Å². The van der Waals surface area contributed by atoms with E-state index in [9.17, 15) is 0 Å². The molecule has 19 heavy (non-hydrogen) atoms. The molecule has 0 amide bonds. The van der Waals surface area contributed by atoms with Gasteiger partial charge in [-0.25, -0.2) is 9.98 Å². The first kappa shape index (κ1) is 13.0. The molecule has 6 heteroatoms. The van der Waals surface area contributed by atoms with Crippen molar-refractivity contribution in [3.05, 3.63) is 23.2 Å². The fraction of sp³-hybridized carbons (Fsp3) is 0.308. The molecule has 0 atom stereocenters. The van der Waals surface area contributed by atoms with Crippen molar-refractivity contribution in [3.63, 3.8) is 0 Å². The first-order valence-corrected chi connectivity index (χ1v) is 7.81. The molecular formula is C13H12N2OS3. The van der Waals surface area contributed by atoms with Crippen molar-refractivity contribution in [2.24, 2.45) is 4.99 Å². The van der Waals surface area contributed by atoms with Crippen LogP contribution < -0.4 is 4.74 Å². The van der Waals surface area contributed by atoms with Crippen LogP contribution in [0, 0.1) is 0 Å². The van der Waals surface area contributed by atoms with E-state index < -0.39 is 0 Å². The molecule has 98 valence electrons. The standard InChI is InChI=1S/C13H12N2OS3/c1-13(2)12(17)15-11(19-13)10-14-8-5-4-7(16-3)6-9(8)18-10/h4-6H,1-3H3. The molecule has 1 aromatic heterocycles. The van der Waals surface area contributed by atoms with Gasteiger partial charge in [-0.05, 0) is 32.0 Å². The van der Waals surface area contributed by atoms with E-state index in [4.69, 9.17) is 17.0 Å². The van der Waals surface area contributed by atoms with Crippen LogP contribution in [0.4, 0.5) is 0 Å². The molecule has 0 spiro atoms. The summed E-state index contributed by atoms with van der Waals surface area (Å²) < 4.78 is 6.22. The van der Waals surface area contributed by atoms with Gasteiger partial charge >= 0.3 is 0 Å². The predicted molar refractivity (Wildman–Crippen MR) is 87.0 cm³/mol. The van der Waals surface area contributed by atoms with Gasteiger partial charge in [0.15, 0.2) is 0 Å². The maximum atomic E-state index is 5.30. The highest BCUT2D eigenvalue weighted by atomic mass is 32.2. The number of thiocarbonyl (C=S) groups is 1. The Labute approximate surface area is 125 Å². The van der Waals surface area contributed by atoms with E-state index in [1.807, 2.05) is 18.2 Å². The van der Waals surface area contributed by atoms with Crippen LogP contribution in [0.25, 0.3) is 10.2 Å². The van der Waals surface area contributed by atoms with Crippen molar-refractivity contribution in [1.82, 2.24) is 4.98 Å². The second-order valence-corrected chi connectivity index (χ2v) is 7.72. The number of methoxy groups -OCH3 is 1. The van der Waals surface area contributed by atoms with Gasteiger partial charge in [0.05, 0.1) is 22.1 Å². The first-order chi connectivity index (χ1) is 8.99. The number of aromatic nitrogens is 1. The van der Waals surface area contributed by atoms with Crippen molar-refractivity contribution in [2.45, 2.75) is 18.6 Å². The van der Waals surface area contributed by atoms with Crippen LogP contribution in [-0.4, -0.2) is 26.9 Å². The van der Waals surface area contributed by atoms with Crippen LogP contribution in [0.1, 0.15) is 18.9 Å². The maximum absolute atomic E-state index is 5.30. The summed E-state index contributed by atoms with van der Waals surface area (Å²) in [6.07, 6.45) is 0. The van der Waals surface area contributed by atoms with Crippen molar-refractivity contribution in [2.75, 3.05) is 7.11 Å². The van der Waals surface area contributed by atoms with Crippen molar-refractivity contribution >= 4 is 55.6 Å². The molecule has 0 bridgehead atoms. The Morgan fingerprint density at radius 2 is 2.11 bits per heavy atom. The quantitative estimate of drug-likeness (QED) is 0.788. The van der Waals surface area contributed by atoms with Crippen LogP contribution in [-0.2, 0) is 0 Å². The van der Waals surface area contributed by atoms with E-state index in [1.54, 1.807) is 30.2 Å². The molecule has 0 aliphatic carbocycles. The third-order valence-corrected chi connectivity index (χ3v) is 5.92. The van der Waals surface area contributed by atoms with Crippen molar-refractivity contribution in [3.8, 4) is 5.75 Å². The Kier molecular flexibility index (Phi) is 3.11. The minimum absolute atomic E-state index is 0.111.